The van der Waals surface area contributed by atoms with Crippen LogP contribution in [0.3, 0.4) is 0 Å². The van der Waals surface area contributed by atoms with E-state index < -0.39 is 21.8 Å². The first-order valence-corrected chi connectivity index (χ1v) is 10.9. The Bertz CT molecular complexity index is 578. The van der Waals surface area contributed by atoms with Crippen molar-refractivity contribution in [3.05, 3.63) is 81.7 Å². The molecule has 0 atom stereocenters. The zero-order chi connectivity index (χ0) is 14.4. The molecule has 0 heterocycles. The molecule has 101 valence electrons. The number of allylic oxidation sites excluding steroid dienone is 3. The monoisotopic (exact) mass is 339 g/mol. The van der Waals surface area contributed by atoms with E-state index in [0.29, 0.717) is 0 Å². The van der Waals surface area contributed by atoms with Crippen LogP contribution in [0.15, 0.2) is 70.5 Å². The van der Waals surface area contributed by atoms with Crippen molar-refractivity contribution in [1.29, 1.82) is 0 Å². The molecule has 2 aromatic rings. The second kappa shape index (κ2) is 7.55. The fraction of sp³-hybridized carbons (Fsp3) is 0.158. The molecule has 0 saturated carbocycles. The molecule has 1 heteroatoms. The molecule has 0 radical (unpaired) electrons. The molecule has 0 aromatic heterocycles. The molecular formula is C19H21Zr. The van der Waals surface area contributed by atoms with E-state index in [9.17, 15) is 0 Å². The van der Waals surface area contributed by atoms with Gasteiger partial charge in [-0.2, -0.15) is 0 Å². The van der Waals surface area contributed by atoms with Crippen LogP contribution in [-0.2, 0) is 21.8 Å². The second-order valence-electron chi connectivity index (χ2n) is 5.04. The van der Waals surface area contributed by atoms with Crippen LogP contribution in [0.1, 0.15) is 18.1 Å². The zero-order valence-electron chi connectivity index (χ0n) is 12.4. The topological polar surface area (TPSA) is 0 Å². The van der Waals surface area contributed by atoms with Crippen molar-refractivity contribution in [3.63, 3.8) is 0 Å². The van der Waals surface area contributed by atoms with Gasteiger partial charge in [-0.15, -0.1) is 0 Å². The fourth-order valence-electron chi connectivity index (χ4n) is 2.25. The van der Waals surface area contributed by atoms with Crippen LogP contribution in [-0.4, -0.2) is 0 Å². The quantitative estimate of drug-likeness (QED) is 0.739. The van der Waals surface area contributed by atoms with Crippen LogP contribution >= 0.6 is 0 Å². The molecule has 0 spiro atoms. The van der Waals surface area contributed by atoms with E-state index in [1.54, 1.807) is 6.54 Å². The predicted octanol–water partition coefficient (Wildman–Crippen LogP) is 3.96. The van der Waals surface area contributed by atoms with Gasteiger partial charge in [-0.05, 0) is 0 Å². The van der Waals surface area contributed by atoms with Gasteiger partial charge in [-0.3, -0.25) is 0 Å². The first kappa shape index (κ1) is 15.2. The summed E-state index contributed by atoms with van der Waals surface area (Å²) in [6, 6.07) is 18.0. The molecule has 0 bridgehead atoms. The van der Waals surface area contributed by atoms with Crippen LogP contribution in [0, 0.1) is 13.8 Å². The van der Waals surface area contributed by atoms with Gasteiger partial charge < -0.3 is 0 Å². The molecular weight excluding hydrogens is 319 g/mol. The maximum absolute atomic E-state index is 2.46. The van der Waals surface area contributed by atoms with Crippen LogP contribution in [0.25, 0.3) is 0 Å². The van der Waals surface area contributed by atoms with Gasteiger partial charge in [-0.1, -0.05) is 0 Å². The summed E-state index contributed by atoms with van der Waals surface area (Å²) in [5.74, 6) is 0. The Morgan fingerprint density at radius 3 is 1.80 bits per heavy atom. The van der Waals surface area contributed by atoms with Crippen molar-refractivity contribution in [1.82, 2.24) is 0 Å². The number of benzene rings is 2. The van der Waals surface area contributed by atoms with E-state index in [0.717, 1.165) is 0 Å². The molecule has 0 N–H and O–H groups in total. The van der Waals surface area contributed by atoms with Crippen LogP contribution in [0.4, 0.5) is 0 Å². The van der Waals surface area contributed by atoms with Gasteiger partial charge in [0, 0.05) is 0 Å². The first-order chi connectivity index (χ1) is 9.70. The molecule has 0 saturated heterocycles. The van der Waals surface area contributed by atoms with Crippen molar-refractivity contribution in [3.8, 4) is 0 Å². The molecule has 0 amide bonds. The van der Waals surface area contributed by atoms with Crippen molar-refractivity contribution in [2.75, 3.05) is 0 Å². The Morgan fingerprint density at radius 1 is 0.800 bits per heavy atom. The standard InChI is InChI=1S/2C7H7.C5H7.Zr/c2*1-7-5-3-2-4-6-7;1-3-5-4-2;/h2*2-3,5-6H,1H3;1,3-5H,2H3;. The number of hydrogen-bond donors (Lipinski definition) is 0. The van der Waals surface area contributed by atoms with E-state index in [1.807, 2.05) is 0 Å². The van der Waals surface area contributed by atoms with Gasteiger partial charge >= 0.3 is 131 Å². The summed E-state index contributed by atoms with van der Waals surface area (Å²) < 4.78 is 5.55. The average molecular weight is 341 g/mol. The van der Waals surface area contributed by atoms with Crippen LogP contribution < -0.4 is 6.54 Å². The van der Waals surface area contributed by atoms with Gasteiger partial charge in [0.2, 0.25) is 0 Å². The zero-order valence-corrected chi connectivity index (χ0v) is 14.9. The molecule has 2 aromatic carbocycles. The van der Waals surface area contributed by atoms with Crippen molar-refractivity contribution in [2.45, 2.75) is 20.8 Å². The van der Waals surface area contributed by atoms with Gasteiger partial charge in [-0.25, -0.2) is 0 Å². The minimum absolute atomic E-state index is 1.35. The Labute approximate surface area is 130 Å². The summed E-state index contributed by atoms with van der Waals surface area (Å²) in [5, 5.41) is 0. The molecule has 0 aliphatic rings. The van der Waals surface area contributed by atoms with Crippen molar-refractivity contribution in [2.24, 2.45) is 0 Å². The first-order valence-electron chi connectivity index (χ1n) is 7.01. The Balaban J connectivity index is 2.44. The maximum atomic E-state index is 2.46. The third kappa shape index (κ3) is 4.15. The second-order valence-corrected chi connectivity index (χ2v) is 10.7. The summed E-state index contributed by atoms with van der Waals surface area (Å²) in [6.45, 7) is 6.42. The molecule has 2 rings (SSSR count). The SMILES string of the molecule is CC=CC=[CH][Zr]([c]1cccc(C)c1)[c]1cccc(C)c1. The molecule has 20 heavy (non-hydrogen) atoms. The summed E-state index contributed by atoms with van der Waals surface area (Å²) in [7, 11) is 0. The van der Waals surface area contributed by atoms with Gasteiger partial charge in [0.05, 0.1) is 0 Å². The van der Waals surface area contributed by atoms with Gasteiger partial charge in [0.15, 0.2) is 0 Å². The number of hydrogen-bond acceptors (Lipinski definition) is 0. The van der Waals surface area contributed by atoms with Crippen LogP contribution in [0.2, 0.25) is 0 Å². The van der Waals surface area contributed by atoms with Crippen LogP contribution in [0.5, 0.6) is 0 Å². The molecule has 0 unspecified atom stereocenters. The minimum atomic E-state index is -1.93. The fourth-order valence-corrected chi connectivity index (χ4v) is 8.00. The Kier molecular flexibility index (Phi) is 5.74. The molecule has 0 fully saturated rings. The summed E-state index contributed by atoms with van der Waals surface area (Å²) in [6.07, 6.45) is 6.44. The van der Waals surface area contributed by atoms with E-state index in [2.05, 4.69) is 91.3 Å². The third-order valence-corrected chi connectivity index (χ3v) is 9.10. The van der Waals surface area contributed by atoms with E-state index in [-0.39, 0.29) is 0 Å². The molecule has 0 aliphatic carbocycles. The number of rotatable bonds is 4. The van der Waals surface area contributed by atoms with Crippen molar-refractivity contribution >= 4 is 6.54 Å². The molecule has 0 nitrogen and oxygen atoms in total. The Hall–Kier alpha value is -1.20. The Morgan fingerprint density at radius 2 is 1.35 bits per heavy atom. The average Bonchev–Trinajstić information content (AvgIpc) is 2.43. The van der Waals surface area contributed by atoms with Gasteiger partial charge in [0.1, 0.15) is 0 Å². The summed E-state index contributed by atoms with van der Waals surface area (Å²) in [5.41, 5.74) is 2.71. The van der Waals surface area contributed by atoms with Crippen molar-refractivity contribution < 1.29 is 21.8 Å². The number of aryl methyl sites for hydroxylation is 2. The van der Waals surface area contributed by atoms with E-state index in [4.69, 9.17) is 0 Å². The normalized spacial score (nSPS) is 11.3. The van der Waals surface area contributed by atoms with E-state index >= 15 is 0 Å². The van der Waals surface area contributed by atoms with Gasteiger partial charge in [0.25, 0.3) is 0 Å². The summed E-state index contributed by atoms with van der Waals surface area (Å²) >= 11 is -1.93. The third-order valence-electron chi connectivity index (χ3n) is 3.22. The molecule has 0 aliphatic heterocycles. The summed E-state index contributed by atoms with van der Waals surface area (Å²) in [4.78, 5) is 0. The predicted molar refractivity (Wildman–Crippen MR) is 85.6 cm³/mol. The van der Waals surface area contributed by atoms with E-state index in [1.165, 1.54) is 11.1 Å².